The van der Waals surface area contributed by atoms with Crippen molar-refractivity contribution in [3.8, 4) is 5.75 Å². The molecule has 0 bridgehead atoms. The fourth-order valence-corrected chi connectivity index (χ4v) is 1.75. The van der Waals surface area contributed by atoms with Crippen LogP contribution >= 0.6 is 0 Å². The van der Waals surface area contributed by atoms with Gasteiger partial charge in [0.2, 0.25) is 0 Å². The molecule has 0 aliphatic rings. The van der Waals surface area contributed by atoms with Gasteiger partial charge in [0.25, 0.3) is 0 Å². The fourth-order valence-electron chi connectivity index (χ4n) is 1.75. The Morgan fingerprint density at radius 1 is 1.28 bits per heavy atom. The van der Waals surface area contributed by atoms with Gasteiger partial charge in [-0.3, -0.25) is 9.97 Å². The second-order valence-corrected chi connectivity index (χ2v) is 4.04. The quantitative estimate of drug-likeness (QED) is 0.873. The van der Waals surface area contributed by atoms with Gasteiger partial charge in [-0.05, 0) is 31.5 Å². The van der Waals surface area contributed by atoms with E-state index in [4.69, 9.17) is 10.5 Å². The van der Waals surface area contributed by atoms with E-state index in [1.165, 1.54) is 0 Å². The molecule has 0 aliphatic carbocycles. The number of nitrogens with two attached hydrogens (primary N) is 1. The standard InChI is InChI=1S/C14H17N3O/c1-11(13-10-16-8-9-17-13)18-14-5-3-2-4-12(14)6-7-15/h2-5,8-11H,6-7,15H2,1H3. The normalized spacial score (nSPS) is 12.1. The molecule has 0 saturated carbocycles. The van der Waals surface area contributed by atoms with E-state index in [1.807, 2.05) is 31.2 Å². The lowest BCUT2D eigenvalue weighted by Gasteiger charge is -2.16. The Bertz CT molecular complexity index is 487. The molecule has 18 heavy (non-hydrogen) atoms. The Hall–Kier alpha value is -1.94. The average molecular weight is 243 g/mol. The van der Waals surface area contributed by atoms with Crippen LogP contribution in [0.4, 0.5) is 0 Å². The molecular formula is C14H17N3O. The summed E-state index contributed by atoms with van der Waals surface area (Å²) in [7, 11) is 0. The molecule has 2 N–H and O–H groups in total. The van der Waals surface area contributed by atoms with Crippen molar-refractivity contribution in [3.63, 3.8) is 0 Å². The zero-order valence-electron chi connectivity index (χ0n) is 10.4. The number of ether oxygens (including phenoxy) is 1. The smallest absolute Gasteiger partial charge is 0.139 e. The summed E-state index contributed by atoms with van der Waals surface area (Å²) in [5.41, 5.74) is 7.53. The maximum Gasteiger partial charge on any atom is 0.139 e. The first-order valence-electron chi connectivity index (χ1n) is 6.02. The summed E-state index contributed by atoms with van der Waals surface area (Å²) in [6, 6.07) is 7.94. The zero-order valence-corrected chi connectivity index (χ0v) is 10.4. The Morgan fingerprint density at radius 2 is 2.11 bits per heavy atom. The summed E-state index contributed by atoms with van der Waals surface area (Å²) in [6.45, 7) is 2.57. The molecule has 1 atom stereocenters. The SMILES string of the molecule is CC(Oc1ccccc1CCN)c1cnccn1. The highest BCUT2D eigenvalue weighted by atomic mass is 16.5. The van der Waals surface area contributed by atoms with Crippen LogP contribution in [-0.2, 0) is 6.42 Å². The monoisotopic (exact) mass is 243 g/mol. The van der Waals surface area contributed by atoms with E-state index < -0.39 is 0 Å². The van der Waals surface area contributed by atoms with Crippen molar-refractivity contribution in [2.45, 2.75) is 19.4 Å². The van der Waals surface area contributed by atoms with E-state index in [0.29, 0.717) is 6.54 Å². The molecule has 2 aromatic rings. The van der Waals surface area contributed by atoms with Crippen LogP contribution in [0.2, 0.25) is 0 Å². The van der Waals surface area contributed by atoms with Crippen molar-refractivity contribution >= 4 is 0 Å². The number of hydrogen-bond donors (Lipinski definition) is 1. The summed E-state index contributed by atoms with van der Waals surface area (Å²) < 4.78 is 5.93. The van der Waals surface area contributed by atoms with Gasteiger partial charge >= 0.3 is 0 Å². The van der Waals surface area contributed by atoms with Crippen molar-refractivity contribution < 1.29 is 4.74 Å². The van der Waals surface area contributed by atoms with Crippen molar-refractivity contribution in [3.05, 3.63) is 54.1 Å². The molecule has 1 aromatic carbocycles. The number of hydrogen-bond acceptors (Lipinski definition) is 4. The summed E-state index contributed by atoms with van der Waals surface area (Å²) in [5, 5.41) is 0. The largest absolute Gasteiger partial charge is 0.484 e. The van der Waals surface area contributed by atoms with Crippen LogP contribution in [0.25, 0.3) is 0 Å². The van der Waals surface area contributed by atoms with Gasteiger partial charge in [0.05, 0.1) is 11.9 Å². The van der Waals surface area contributed by atoms with Crippen LogP contribution in [0.5, 0.6) is 5.75 Å². The van der Waals surface area contributed by atoms with E-state index in [2.05, 4.69) is 9.97 Å². The summed E-state index contributed by atoms with van der Waals surface area (Å²) >= 11 is 0. The van der Waals surface area contributed by atoms with Gasteiger partial charge in [-0.15, -0.1) is 0 Å². The molecular weight excluding hydrogens is 226 g/mol. The van der Waals surface area contributed by atoms with Gasteiger partial charge in [0.15, 0.2) is 0 Å². The van der Waals surface area contributed by atoms with Gasteiger partial charge < -0.3 is 10.5 Å². The minimum atomic E-state index is -0.127. The van der Waals surface area contributed by atoms with E-state index in [-0.39, 0.29) is 6.10 Å². The molecule has 0 radical (unpaired) electrons. The lowest BCUT2D eigenvalue weighted by molar-refractivity contribution is 0.219. The fraction of sp³-hybridized carbons (Fsp3) is 0.286. The van der Waals surface area contributed by atoms with Crippen LogP contribution < -0.4 is 10.5 Å². The molecule has 2 rings (SSSR count). The zero-order chi connectivity index (χ0) is 12.8. The maximum atomic E-state index is 5.93. The Kier molecular flexibility index (Phi) is 4.25. The van der Waals surface area contributed by atoms with Crippen LogP contribution in [0.1, 0.15) is 24.3 Å². The Labute approximate surface area is 107 Å². The molecule has 0 aliphatic heterocycles. The first-order chi connectivity index (χ1) is 8.81. The topological polar surface area (TPSA) is 61.0 Å². The highest BCUT2D eigenvalue weighted by Crippen LogP contribution is 2.24. The maximum absolute atomic E-state index is 5.93. The summed E-state index contributed by atoms with van der Waals surface area (Å²) in [5.74, 6) is 0.862. The van der Waals surface area contributed by atoms with E-state index >= 15 is 0 Å². The van der Waals surface area contributed by atoms with Crippen molar-refractivity contribution in [2.24, 2.45) is 5.73 Å². The van der Waals surface area contributed by atoms with Crippen LogP contribution in [0.15, 0.2) is 42.9 Å². The number of para-hydroxylation sites is 1. The van der Waals surface area contributed by atoms with Gasteiger partial charge in [0, 0.05) is 12.4 Å². The van der Waals surface area contributed by atoms with Crippen molar-refractivity contribution in [2.75, 3.05) is 6.54 Å². The van der Waals surface area contributed by atoms with Gasteiger partial charge in [0.1, 0.15) is 11.9 Å². The van der Waals surface area contributed by atoms with Crippen LogP contribution in [0.3, 0.4) is 0 Å². The Balaban J connectivity index is 2.14. The average Bonchev–Trinajstić information content (AvgIpc) is 2.42. The van der Waals surface area contributed by atoms with Crippen LogP contribution in [0, 0.1) is 0 Å². The lowest BCUT2D eigenvalue weighted by Crippen LogP contribution is -2.09. The van der Waals surface area contributed by atoms with Crippen LogP contribution in [-0.4, -0.2) is 16.5 Å². The third-order valence-electron chi connectivity index (χ3n) is 2.69. The predicted molar refractivity (Wildman–Crippen MR) is 70.3 cm³/mol. The molecule has 0 saturated heterocycles. The lowest BCUT2D eigenvalue weighted by atomic mass is 10.1. The summed E-state index contributed by atoms with van der Waals surface area (Å²) in [4.78, 5) is 8.28. The minimum absolute atomic E-state index is 0.127. The molecule has 0 spiro atoms. The molecule has 0 amide bonds. The van der Waals surface area contributed by atoms with E-state index in [0.717, 1.165) is 23.4 Å². The number of rotatable bonds is 5. The molecule has 94 valence electrons. The first-order valence-corrected chi connectivity index (χ1v) is 6.02. The molecule has 1 unspecified atom stereocenters. The van der Waals surface area contributed by atoms with Crippen molar-refractivity contribution in [1.29, 1.82) is 0 Å². The van der Waals surface area contributed by atoms with Gasteiger partial charge in [-0.25, -0.2) is 0 Å². The number of benzene rings is 1. The molecule has 4 nitrogen and oxygen atoms in total. The molecule has 1 heterocycles. The van der Waals surface area contributed by atoms with Gasteiger partial charge in [-0.1, -0.05) is 18.2 Å². The summed E-state index contributed by atoms with van der Waals surface area (Å²) in [6.07, 6.45) is 5.72. The van der Waals surface area contributed by atoms with E-state index in [1.54, 1.807) is 18.6 Å². The first kappa shape index (κ1) is 12.5. The number of aromatic nitrogens is 2. The third-order valence-corrected chi connectivity index (χ3v) is 2.69. The van der Waals surface area contributed by atoms with Crippen molar-refractivity contribution in [1.82, 2.24) is 9.97 Å². The second kappa shape index (κ2) is 6.12. The second-order valence-electron chi connectivity index (χ2n) is 4.04. The molecule has 4 heteroatoms. The molecule has 0 fully saturated rings. The van der Waals surface area contributed by atoms with E-state index in [9.17, 15) is 0 Å². The highest BCUT2D eigenvalue weighted by molar-refractivity contribution is 5.34. The number of nitrogens with zero attached hydrogens (tertiary/aromatic N) is 2. The Morgan fingerprint density at radius 3 is 2.83 bits per heavy atom. The highest BCUT2D eigenvalue weighted by Gasteiger charge is 2.10. The third kappa shape index (κ3) is 3.05. The molecule has 1 aromatic heterocycles. The predicted octanol–water partition coefficient (Wildman–Crippen LogP) is 2.12. The van der Waals surface area contributed by atoms with Gasteiger partial charge in [-0.2, -0.15) is 0 Å². The minimum Gasteiger partial charge on any atom is -0.484 e.